The number of nitrogens with one attached hydrogen (secondary N) is 1. The first-order chi connectivity index (χ1) is 11.1. The van der Waals surface area contributed by atoms with Crippen molar-refractivity contribution in [3.05, 3.63) is 60.2 Å². The van der Waals surface area contributed by atoms with Crippen molar-refractivity contribution in [1.82, 2.24) is 0 Å². The molecule has 23 heavy (non-hydrogen) atoms. The fraction of sp³-hybridized carbons (Fsp3) is 0.222. The van der Waals surface area contributed by atoms with Crippen LogP contribution in [0.3, 0.4) is 0 Å². The van der Waals surface area contributed by atoms with Gasteiger partial charge in [-0.15, -0.1) is 0 Å². The minimum absolute atomic E-state index is 0.265. The lowest BCUT2D eigenvalue weighted by Gasteiger charge is -2.17. The van der Waals surface area contributed by atoms with E-state index in [2.05, 4.69) is 10.1 Å². The van der Waals surface area contributed by atoms with Crippen LogP contribution in [-0.2, 0) is 9.53 Å². The van der Waals surface area contributed by atoms with E-state index in [0.29, 0.717) is 23.4 Å². The second kappa shape index (κ2) is 7.98. The number of benzene rings is 2. The largest absolute Gasteiger partial charge is 0.481 e. The van der Waals surface area contributed by atoms with Crippen LogP contribution in [-0.4, -0.2) is 25.1 Å². The lowest BCUT2D eigenvalue weighted by Crippen LogP contribution is -2.32. The Bertz CT molecular complexity index is 670. The molecular formula is C18H19NO4. The number of esters is 1. The van der Waals surface area contributed by atoms with Gasteiger partial charge in [-0.05, 0) is 36.8 Å². The molecule has 0 heterocycles. The van der Waals surface area contributed by atoms with Gasteiger partial charge in [-0.2, -0.15) is 0 Å². The SMILES string of the molecule is CCC(Oc1ccccc1)C(=O)Nc1cccc(C(=O)OC)c1. The highest BCUT2D eigenvalue weighted by Crippen LogP contribution is 2.16. The first-order valence-corrected chi connectivity index (χ1v) is 7.35. The number of hydrogen-bond acceptors (Lipinski definition) is 4. The molecule has 0 aliphatic heterocycles. The van der Waals surface area contributed by atoms with Gasteiger partial charge in [0.05, 0.1) is 12.7 Å². The number of carbonyl (C=O) groups is 2. The predicted octanol–water partition coefficient (Wildman–Crippen LogP) is 3.27. The molecule has 0 spiro atoms. The second-order valence-corrected chi connectivity index (χ2v) is 4.89. The van der Waals surface area contributed by atoms with Crippen molar-refractivity contribution in [2.75, 3.05) is 12.4 Å². The van der Waals surface area contributed by atoms with E-state index in [1.807, 2.05) is 25.1 Å². The molecule has 0 aliphatic carbocycles. The fourth-order valence-corrected chi connectivity index (χ4v) is 2.05. The molecule has 5 nitrogen and oxygen atoms in total. The zero-order valence-electron chi connectivity index (χ0n) is 13.1. The monoisotopic (exact) mass is 313 g/mol. The van der Waals surface area contributed by atoms with Crippen molar-refractivity contribution < 1.29 is 19.1 Å². The number of anilines is 1. The fourth-order valence-electron chi connectivity index (χ4n) is 2.05. The Hall–Kier alpha value is -2.82. The van der Waals surface area contributed by atoms with E-state index in [1.165, 1.54) is 7.11 Å². The van der Waals surface area contributed by atoms with Crippen LogP contribution in [0.2, 0.25) is 0 Å². The molecule has 120 valence electrons. The normalized spacial score (nSPS) is 11.4. The molecule has 0 bridgehead atoms. The minimum Gasteiger partial charge on any atom is -0.481 e. The maximum absolute atomic E-state index is 12.3. The number of hydrogen-bond donors (Lipinski definition) is 1. The maximum Gasteiger partial charge on any atom is 0.337 e. The van der Waals surface area contributed by atoms with Crippen LogP contribution < -0.4 is 10.1 Å². The summed E-state index contributed by atoms with van der Waals surface area (Å²) in [6.45, 7) is 1.87. The van der Waals surface area contributed by atoms with Crippen molar-refractivity contribution >= 4 is 17.6 Å². The van der Waals surface area contributed by atoms with Gasteiger partial charge >= 0.3 is 5.97 Å². The molecule has 0 saturated carbocycles. The highest BCUT2D eigenvalue weighted by molar-refractivity contribution is 5.96. The molecule has 0 fully saturated rings. The van der Waals surface area contributed by atoms with Gasteiger partial charge in [-0.3, -0.25) is 4.79 Å². The summed E-state index contributed by atoms with van der Waals surface area (Å²) < 4.78 is 10.4. The summed E-state index contributed by atoms with van der Waals surface area (Å²) in [7, 11) is 1.31. The Balaban J connectivity index is 2.06. The van der Waals surface area contributed by atoms with Gasteiger partial charge in [-0.1, -0.05) is 31.2 Å². The van der Waals surface area contributed by atoms with E-state index in [4.69, 9.17) is 4.74 Å². The topological polar surface area (TPSA) is 64.6 Å². The number of ether oxygens (including phenoxy) is 2. The molecule has 1 atom stereocenters. The van der Waals surface area contributed by atoms with Gasteiger partial charge in [0, 0.05) is 5.69 Å². The zero-order chi connectivity index (χ0) is 16.7. The van der Waals surface area contributed by atoms with E-state index >= 15 is 0 Å². The summed E-state index contributed by atoms with van der Waals surface area (Å²) in [5.41, 5.74) is 0.898. The highest BCUT2D eigenvalue weighted by atomic mass is 16.5. The Morgan fingerprint density at radius 2 is 1.83 bits per heavy atom. The van der Waals surface area contributed by atoms with Crippen molar-refractivity contribution in [2.45, 2.75) is 19.4 Å². The minimum atomic E-state index is -0.612. The van der Waals surface area contributed by atoms with Crippen molar-refractivity contribution in [2.24, 2.45) is 0 Å². The molecule has 5 heteroatoms. The molecule has 1 unspecified atom stereocenters. The molecule has 0 aliphatic rings. The third kappa shape index (κ3) is 4.57. The molecule has 0 saturated heterocycles. The average Bonchev–Trinajstić information content (AvgIpc) is 2.60. The van der Waals surface area contributed by atoms with Crippen LogP contribution in [0, 0.1) is 0 Å². The van der Waals surface area contributed by atoms with Crippen LogP contribution >= 0.6 is 0 Å². The van der Waals surface area contributed by atoms with Crippen molar-refractivity contribution in [3.63, 3.8) is 0 Å². The van der Waals surface area contributed by atoms with Crippen LogP contribution in [0.1, 0.15) is 23.7 Å². The average molecular weight is 313 g/mol. The second-order valence-electron chi connectivity index (χ2n) is 4.89. The zero-order valence-corrected chi connectivity index (χ0v) is 13.1. The number of carbonyl (C=O) groups excluding carboxylic acids is 2. The lowest BCUT2D eigenvalue weighted by molar-refractivity contribution is -0.122. The van der Waals surface area contributed by atoms with Crippen molar-refractivity contribution in [3.8, 4) is 5.75 Å². The number of amides is 1. The summed E-state index contributed by atoms with van der Waals surface area (Å²) >= 11 is 0. The molecule has 0 radical (unpaired) electrons. The standard InChI is InChI=1S/C18H19NO4/c1-3-16(23-15-10-5-4-6-11-15)17(20)19-14-9-7-8-13(12-14)18(21)22-2/h4-12,16H,3H2,1-2H3,(H,19,20). The van der Waals surface area contributed by atoms with E-state index in [1.54, 1.807) is 36.4 Å². The molecule has 2 rings (SSSR count). The van der Waals surface area contributed by atoms with Crippen LogP contribution in [0.25, 0.3) is 0 Å². The first kappa shape index (κ1) is 16.5. The molecule has 2 aromatic rings. The molecule has 1 N–H and O–H groups in total. The van der Waals surface area contributed by atoms with Crippen LogP contribution in [0.15, 0.2) is 54.6 Å². The number of para-hydroxylation sites is 1. The van der Waals surface area contributed by atoms with E-state index in [-0.39, 0.29) is 5.91 Å². The van der Waals surface area contributed by atoms with Gasteiger partial charge in [0.15, 0.2) is 6.10 Å². The smallest absolute Gasteiger partial charge is 0.337 e. The third-order valence-electron chi connectivity index (χ3n) is 3.24. The molecular weight excluding hydrogens is 294 g/mol. The molecule has 2 aromatic carbocycles. The first-order valence-electron chi connectivity index (χ1n) is 7.35. The summed E-state index contributed by atoms with van der Waals surface area (Å²) in [6, 6.07) is 15.8. The van der Waals surface area contributed by atoms with Gasteiger partial charge in [-0.25, -0.2) is 4.79 Å². The number of methoxy groups -OCH3 is 1. The van der Waals surface area contributed by atoms with E-state index in [9.17, 15) is 9.59 Å². The molecule has 0 aromatic heterocycles. The highest BCUT2D eigenvalue weighted by Gasteiger charge is 2.19. The molecule has 1 amide bonds. The summed E-state index contributed by atoms with van der Waals surface area (Å²) in [5.74, 6) is -0.0788. The van der Waals surface area contributed by atoms with Gasteiger partial charge in [0.1, 0.15) is 5.75 Å². The maximum atomic E-state index is 12.3. The lowest BCUT2D eigenvalue weighted by atomic mass is 10.2. The van der Waals surface area contributed by atoms with E-state index < -0.39 is 12.1 Å². The Morgan fingerprint density at radius 1 is 1.09 bits per heavy atom. The van der Waals surface area contributed by atoms with Gasteiger partial charge < -0.3 is 14.8 Å². The van der Waals surface area contributed by atoms with Crippen LogP contribution in [0.4, 0.5) is 5.69 Å². The van der Waals surface area contributed by atoms with E-state index in [0.717, 1.165) is 0 Å². The summed E-state index contributed by atoms with van der Waals surface area (Å²) in [6.07, 6.45) is -0.0866. The quantitative estimate of drug-likeness (QED) is 0.831. The van der Waals surface area contributed by atoms with Crippen LogP contribution in [0.5, 0.6) is 5.75 Å². The Kier molecular flexibility index (Phi) is 5.74. The third-order valence-corrected chi connectivity index (χ3v) is 3.24. The summed E-state index contributed by atoms with van der Waals surface area (Å²) in [5, 5.41) is 2.76. The number of rotatable bonds is 6. The van der Waals surface area contributed by atoms with Crippen molar-refractivity contribution in [1.29, 1.82) is 0 Å². The predicted molar refractivity (Wildman–Crippen MR) is 87.6 cm³/mol. The Labute approximate surface area is 135 Å². The Morgan fingerprint density at radius 3 is 2.48 bits per heavy atom. The summed E-state index contributed by atoms with van der Waals surface area (Å²) in [4.78, 5) is 23.9. The van der Waals surface area contributed by atoms with Gasteiger partial charge in [0.2, 0.25) is 0 Å². The van der Waals surface area contributed by atoms with Gasteiger partial charge in [0.25, 0.3) is 5.91 Å².